The first-order valence-electron chi connectivity index (χ1n) is 5.40. The van der Waals surface area contributed by atoms with Gasteiger partial charge in [0.05, 0.1) is 12.5 Å². The van der Waals surface area contributed by atoms with Gasteiger partial charge in [-0.1, -0.05) is 6.92 Å². The number of carbonyl (C=O) groups excluding carboxylic acids is 1. The fourth-order valence-corrected chi connectivity index (χ4v) is 1.85. The van der Waals surface area contributed by atoms with E-state index in [0.29, 0.717) is 6.54 Å². The van der Waals surface area contributed by atoms with Gasteiger partial charge in [0.1, 0.15) is 0 Å². The highest BCUT2D eigenvalue weighted by Crippen LogP contribution is 2.11. The van der Waals surface area contributed by atoms with Gasteiger partial charge in [0.25, 0.3) is 0 Å². The molecule has 0 aromatic carbocycles. The van der Waals surface area contributed by atoms with Crippen LogP contribution in [0.3, 0.4) is 0 Å². The van der Waals surface area contributed by atoms with Crippen molar-refractivity contribution in [2.75, 3.05) is 32.8 Å². The van der Waals surface area contributed by atoms with Gasteiger partial charge in [-0.05, 0) is 19.4 Å². The molecule has 0 radical (unpaired) electrons. The van der Waals surface area contributed by atoms with E-state index in [2.05, 4.69) is 5.32 Å². The second kappa shape index (κ2) is 5.98. The highest BCUT2D eigenvalue weighted by Gasteiger charge is 2.26. The third-order valence-corrected chi connectivity index (χ3v) is 2.58. The minimum atomic E-state index is 0.0614. The summed E-state index contributed by atoms with van der Waals surface area (Å²) in [6, 6.07) is 0. The van der Waals surface area contributed by atoms with Crippen molar-refractivity contribution in [3.05, 3.63) is 0 Å². The molecule has 2 N–H and O–H groups in total. The maximum atomic E-state index is 11.9. The van der Waals surface area contributed by atoms with Gasteiger partial charge in [-0.15, -0.1) is 0 Å². The summed E-state index contributed by atoms with van der Waals surface area (Å²) >= 11 is 0. The van der Waals surface area contributed by atoms with Gasteiger partial charge in [-0.25, -0.2) is 0 Å². The number of aliphatic hydroxyl groups is 1. The molecule has 1 rings (SSSR count). The summed E-state index contributed by atoms with van der Waals surface area (Å²) in [6.07, 6.45) is 1.89. The third-order valence-electron chi connectivity index (χ3n) is 2.58. The van der Waals surface area contributed by atoms with Crippen molar-refractivity contribution in [3.63, 3.8) is 0 Å². The van der Waals surface area contributed by atoms with Crippen LogP contribution in [-0.4, -0.2) is 48.7 Å². The highest BCUT2D eigenvalue weighted by atomic mass is 16.3. The molecule has 1 fully saturated rings. The minimum Gasteiger partial charge on any atom is -0.395 e. The van der Waals surface area contributed by atoms with Crippen LogP contribution in [0.25, 0.3) is 0 Å². The molecule has 1 heterocycles. The number of amides is 1. The summed E-state index contributed by atoms with van der Waals surface area (Å²) in [5.74, 6) is 0.332. The third kappa shape index (κ3) is 2.96. The van der Waals surface area contributed by atoms with Gasteiger partial charge < -0.3 is 15.3 Å². The Morgan fingerprint density at radius 3 is 2.86 bits per heavy atom. The lowest BCUT2D eigenvalue weighted by Gasteiger charge is -2.23. The Bertz CT molecular complexity index is 173. The van der Waals surface area contributed by atoms with Gasteiger partial charge in [0.15, 0.2) is 0 Å². The molecule has 1 saturated heterocycles. The molecule has 1 atom stereocenters. The van der Waals surface area contributed by atoms with E-state index in [0.717, 1.165) is 32.5 Å². The van der Waals surface area contributed by atoms with Crippen molar-refractivity contribution in [1.82, 2.24) is 10.2 Å². The Labute approximate surface area is 85.3 Å². The first-order valence-corrected chi connectivity index (χ1v) is 5.40. The molecular weight excluding hydrogens is 180 g/mol. The summed E-state index contributed by atoms with van der Waals surface area (Å²) < 4.78 is 0. The van der Waals surface area contributed by atoms with Crippen LogP contribution >= 0.6 is 0 Å². The number of nitrogens with zero attached hydrogens (tertiary/aromatic N) is 1. The fraction of sp³-hybridized carbons (Fsp3) is 0.900. The Kier molecular flexibility index (Phi) is 4.90. The van der Waals surface area contributed by atoms with Crippen molar-refractivity contribution >= 4 is 5.91 Å². The van der Waals surface area contributed by atoms with Gasteiger partial charge in [0, 0.05) is 19.6 Å². The topological polar surface area (TPSA) is 52.6 Å². The van der Waals surface area contributed by atoms with Crippen LogP contribution in [0.15, 0.2) is 0 Å². The molecule has 82 valence electrons. The van der Waals surface area contributed by atoms with Crippen LogP contribution in [0, 0.1) is 5.92 Å². The minimum absolute atomic E-state index is 0.0614. The Morgan fingerprint density at radius 2 is 2.36 bits per heavy atom. The van der Waals surface area contributed by atoms with Crippen LogP contribution < -0.4 is 5.32 Å². The maximum Gasteiger partial charge on any atom is 0.227 e. The number of nitrogens with one attached hydrogen (secondary N) is 1. The molecular formula is C10H20N2O2. The highest BCUT2D eigenvalue weighted by molar-refractivity contribution is 5.79. The van der Waals surface area contributed by atoms with E-state index >= 15 is 0 Å². The van der Waals surface area contributed by atoms with Crippen LogP contribution in [0.1, 0.15) is 19.8 Å². The number of hydrogen-bond donors (Lipinski definition) is 2. The molecule has 0 aromatic heterocycles. The molecule has 0 saturated carbocycles. The largest absolute Gasteiger partial charge is 0.395 e. The molecule has 1 unspecified atom stereocenters. The summed E-state index contributed by atoms with van der Waals surface area (Å²) in [7, 11) is 0. The zero-order valence-electron chi connectivity index (χ0n) is 8.83. The first-order chi connectivity index (χ1) is 6.79. The number of aliphatic hydroxyl groups excluding tert-OH is 1. The Hall–Kier alpha value is -0.610. The van der Waals surface area contributed by atoms with Gasteiger partial charge in [0.2, 0.25) is 5.91 Å². The molecule has 4 heteroatoms. The molecule has 4 nitrogen and oxygen atoms in total. The summed E-state index contributed by atoms with van der Waals surface area (Å²) in [4.78, 5) is 13.7. The van der Waals surface area contributed by atoms with E-state index < -0.39 is 0 Å². The molecule has 0 spiro atoms. The lowest BCUT2D eigenvalue weighted by molar-refractivity contribution is -0.135. The van der Waals surface area contributed by atoms with E-state index in [1.807, 2.05) is 6.92 Å². The Balaban J connectivity index is 2.43. The predicted molar refractivity (Wildman–Crippen MR) is 54.9 cm³/mol. The van der Waals surface area contributed by atoms with Crippen LogP contribution in [0.2, 0.25) is 0 Å². The van der Waals surface area contributed by atoms with Gasteiger partial charge >= 0.3 is 0 Å². The first kappa shape index (κ1) is 11.5. The van der Waals surface area contributed by atoms with E-state index in [4.69, 9.17) is 5.11 Å². The number of hydrogen-bond acceptors (Lipinski definition) is 3. The average molecular weight is 200 g/mol. The summed E-state index contributed by atoms with van der Waals surface area (Å²) in [5, 5.41) is 12.0. The average Bonchev–Trinajstić information content (AvgIpc) is 2.69. The SMILES string of the molecule is CCCN(CCO)C(=O)C1CCNC1. The van der Waals surface area contributed by atoms with E-state index in [1.54, 1.807) is 4.90 Å². The van der Waals surface area contributed by atoms with Crippen LogP contribution in [0.5, 0.6) is 0 Å². The zero-order valence-corrected chi connectivity index (χ0v) is 8.83. The standard InChI is InChI=1S/C10H20N2O2/c1-2-5-12(6-7-13)10(14)9-3-4-11-8-9/h9,11,13H,2-8H2,1H3. The quantitative estimate of drug-likeness (QED) is 0.647. The second-order valence-electron chi connectivity index (χ2n) is 3.74. The molecule has 1 aliphatic heterocycles. The fourth-order valence-electron chi connectivity index (χ4n) is 1.85. The second-order valence-corrected chi connectivity index (χ2v) is 3.74. The zero-order chi connectivity index (χ0) is 10.4. The van der Waals surface area contributed by atoms with E-state index in [1.165, 1.54) is 0 Å². The van der Waals surface area contributed by atoms with Crippen molar-refractivity contribution in [3.8, 4) is 0 Å². The summed E-state index contributed by atoms with van der Waals surface area (Å²) in [5.41, 5.74) is 0. The van der Waals surface area contributed by atoms with Crippen LogP contribution in [-0.2, 0) is 4.79 Å². The van der Waals surface area contributed by atoms with Gasteiger partial charge in [-0.2, -0.15) is 0 Å². The van der Waals surface area contributed by atoms with Gasteiger partial charge in [-0.3, -0.25) is 4.79 Å². The molecule has 0 aliphatic carbocycles. The smallest absolute Gasteiger partial charge is 0.227 e. The van der Waals surface area contributed by atoms with E-state index in [-0.39, 0.29) is 18.4 Å². The Morgan fingerprint density at radius 1 is 1.57 bits per heavy atom. The van der Waals surface area contributed by atoms with Crippen molar-refractivity contribution in [1.29, 1.82) is 0 Å². The van der Waals surface area contributed by atoms with Crippen molar-refractivity contribution < 1.29 is 9.90 Å². The molecule has 1 amide bonds. The number of rotatable bonds is 5. The lowest BCUT2D eigenvalue weighted by Crippen LogP contribution is -2.39. The maximum absolute atomic E-state index is 11.9. The molecule has 0 bridgehead atoms. The normalized spacial score (nSPS) is 21.1. The van der Waals surface area contributed by atoms with Crippen LogP contribution in [0.4, 0.5) is 0 Å². The summed E-state index contributed by atoms with van der Waals surface area (Å²) in [6.45, 7) is 5.08. The molecule has 1 aliphatic rings. The van der Waals surface area contributed by atoms with E-state index in [9.17, 15) is 4.79 Å². The predicted octanol–water partition coefficient (Wildman–Crippen LogP) is -0.173. The van der Waals surface area contributed by atoms with Crippen molar-refractivity contribution in [2.45, 2.75) is 19.8 Å². The lowest BCUT2D eigenvalue weighted by atomic mass is 10.1. The molecule has 14 heavy (non-hydrogen) atoms. The molecule has 0 aromatic rings. The number of carbonyl (C=O) groups is 1. The monoisotopic (exact) mass is 200 g/mol. The van der Waals surface area contributed by atoms with Crippen molar-refractivity contribution in [2.24, 2.45) is 5.92 Å².